The zero-order chi connectivity index (χ0) is 18.7. The minimum atomic E-state index is -0.487. The average molecular weight is 430 g/mol. The van der Waals surface area contributed by atoms with Crippen molar-refractivity contribution in [1.29, 1.82) is 0 Å². The van der Waals surface area contributed by atoms with Crippen molar-refractivity contribution in [1.82, 2.24) is 10.0 Å². The smallest absolute Gasteiger partial charge is 0.253 e. The predicted molar refractivity (Wildman–Crippen MR) is 101 cm³/mol. The van der Waals surface area contributed by atoms with Crippen LogP contribution in [0.2, 0.25) is 0 Å². The molecule has 3 heterocycles. The van der Waals surface area contributed by atoms with E-state index in [0.717, 1.165) is 29.5 Å². The second-order valence-corrected chi connectivity index (χ2v) is 8.05. The number of halogens is 2. The first-order valence-corrected chi connectivity index (χ1v) is 9.77. The van der Waals surface area contributed by atoms with Crippen LogP contribution < -0.4 is 4.90 Å². The van der Waals surface area contributed by atoms with Crippen molar-refractivity contribution >= 4 is 33.4 Å². The van der Waals surface area contributed by atoms with Gasteiger partial charge in [-0.3, -0.25) is 9.59 Å². The molecule has 3 aliphatic heterocycles. The number of carbonyl (C=O) groups is 2. The van der Waals surface area contributed by atoms with Crippen molar-refractivity contribution in [2.45, 2.75) is 18.5 Å². The maximum atomic E-state index is 13.3. The number of hydrogen-bond donors (Lipinski definition) is 0. The topological polar surface area (TPSA) is 43.9 Å². The van der Waals surface area contributed by atoms with Gasteiger partial charge >= 0.3 is 0 Å². The average Bonchev–Trinajstić information content (AvgIpc) is 3.30. The number of anilines is 1. The minimum Gasteiger partial charge on any atom is -0.274 e. The Morgan fingerprint density at radius 1 is 0.852 bits per heavy atom. The summed E-state index contributed by atoms with van der Waals surface area (Å²) in [6.07, 6.45) is 0.967. The van der Waals surface area contributed by atoms with Crippen LogP contribution in [0.3, 0.4) is 0 Å². The first-order valence-electron chi connectivity index (χ1n) is 8.98. The molecule has 2 aromatic rings. The number of fused-ring (bicyclic) bond motifs is 3. The summed E-state index contributed by atoms with van der Waals surface area (Å²) < 4.78 is 14.3. The highest BCUT2D eigenvalue weighted by Crippen LogP contribution is 2.48. The van der Waals surface area contributed by atoms with Crippen LogP contribution in [0.15, 0.2) is 53.0 Å². The number of hydrogen-bond acceptors (Lipinski definition) is 4. The Morgan fingerprint density at radius 2 is 1.48 bits per heavy atom. The normalized spacial score (nSPS) is 28.1. The Labute approximate surface area is 164 Å². The van der Waals surface area contributed by atoms with Crippen LogP contribution in [0.1, 0.15) is 18.0 Å². The van der Waals surface area contributed by atoms with Gasteiger partial charge < -0.3 is 0 Å². The lowest BCUT2D eigenvalue weighted by molar-refractivity contribution is -0.126. The number of rotatable bonds is 2. The molecule has 0 aliphatic carbocycles. The summed E-state index contributed by atoms with van der Waals surface area (Å²) >= 11 is 3.45. The van der Waals surface area contributed by atoms with Gasteiger partial charge in [-0.05, 0) is 48.4 Å². The monoisotopic (exact) mass is 429 g/mol. The SMILES string of the molecule is O=C1[C@@H]2[C@@H](C(=O)N1c1ccc(F)cc1)N1CCCN1[C@@H]2c1ccc(Br)cc1. The molecular weight excluding hydrogens is 413 g/mol. The van der Waals surface area contributed by atoms with E-state index >= 15 is 0 Å². The summed E-state index contributed by atoms with van der Waals surface area (Å²) in [5.74, 6) is -1.28. The lowest BCUT2D eigenvalue weighted by atomic mass is 9.90. The maximum absolute atomic E-state index is 13.3. The second kappa shape index (κ2) is 6.22. The molecular formula is C20H17BrFN3O2. The Kier molecular flexibility index (Phi) is 3.93. The van der Waals surface area contributed by atoms with E-state index in [1.165, 1.54) is 29.2 Å². The third-order valence-corrected chi connectivity index (χ3v) is 6.23. The highest BCUT2D eigenvalue weighted by molar-refractivity contribution is 9.10. The lowest BCUT2D eigenvalue weighted by Gasteiger charge is -2.29. The molecule has 5 nitrogen and oxygen atoms in total. The zero-order valence-electron chi connectivity index (χ0n) is 14.4. The van der Waals surface area contributed by atoms with E-state index in [1.807, 2.05) is 24.3 Å². The summed E-state index contributed by atoms with van der Waals surface area (Å²) in [5.41, 5.74) is 1.46. The number of hydrazine groups is 1. The lowest BCUT2D eigenvalue weighted by Crippen LogP contribution is -2.44. The number of carbonyl (C=O) groups excluding carboxylic acids is 2. The van der Waals surface area contributed by atoms with Crippen molar-refractivity contribution in [3.05, 3.63) is 64.4 Å². The summed E-state index contributed by atoms with van der Waals surface area (Å²) in [4.78, 5) is 27.7. The van der Waals surface area contributed by atoms with Crippen molar-refractivity contribution < 1.29 is 14.0 Å². The zero-order valence-corrected chi connectivity index (χ0v) is 16.0. The largest absolute Gasteiger partial charge is 0.274 e. The Morgan fingerprint density at radius 3 is 2.15 bits per heavy atom. The fraction of sp³-hybridized carbons (Fsp3) is 0.300. The number of benzene rings is 2. The maximum Gasteiger partial charge on any atom is 0.253 e. The Hall–Kier alpha value is -2.09. The first-order chi connectivity index (χ1) is 13.1. The van der Waals surface area contributed by atoms with Gasteiger partial charge in [0.05, 0.1) is 17.6 Å². The van der Waals surface area contributed by atoms with Gasteiger partial charge in [-0.2, -0.15) is 0 Å². The molecule has 2 amide bonds. The molecule has 7 heteroatoms. The van der Waals surface area contributed by atoms with Crippen LogP contribution in [-0.4, -0.2) is 41.0 Å². The van der Waals surface area contributed by atoms with Gasteiger partial charge in [0.1, 0.15) is 11.9 Å². The van der Waals surface area contributed by atoms with Gasteiger partial charge in [-0.1, -0.05) is 28.1 Å². The van der Waals surface area contributed by atoms with E-state index in [-0.39, 0.29) is 17.9 Å². The quantitative estimate of drug-likeness (QED) is 0.687. The molecule has 0 radical (unpaired) electrons. The van der Waals surface area contributed by atoms with E-state index in [4.69, 9.17) is 0 Å². The van der Waals surface area contributed by atoms with E-state index in [0.29, 0.717) is 5.69 Å². The molecule has 3 aliphatic rings. The number of amides is 2. The molecule has 3 saturated heterocycles. The van der Waals surface area contributed by atoms with Crippen LogP contribution in [0.4, 0.5) is 10.1 Å². The molecule has 3 fully saturated rings. The summed E-state index contributed by atoms with van der Waals surface area (Å²) in [6, 6.07) is 12.8. The van der Waals surface area contributed by atoms with Crippen molar-refractivity contribution in [2.75, 3.05) is 18.0 Å². The summed E-state index contributed by atoms with van der Waals surface area (Å²) in [6.45, 7) is 1.61. The Balaban J connectivity index is 1.57. The molecule has 138 valence electrons. The molecule has 0 aromatic heterocycles. The van der Waals surface area contributed by atoms with Crippen LogP contribution in [0.5, 0.6) is 0 Å². The molecule has 3 atom stereocenters. The fourth-order valence-corrected chi connectivity index (χ4v) is 4.88. The van der Waals surface area contributed by atoms with Gasteiger partial charge in [0.15, 0.2) is 0 Å². The number of nitrogens with zero attached hydrogens (tertiary/aromatic N) is 3. The summed E-state index contributed by atoms with van der Waals surface area (Å²) in [5, 5.41) is 4.23. The second-order valence-electron chi connectivity index (χ2n) is 7.14. The molecule has 0 bridgehead atoms. The highest BCUT2D eigenvalue weighted by Gasteiger charge is 2.62. The molecule has 0 unspecified atom stereocenters. The van der Waals surface area contributed by atoms with E-state index in [9.17, 15) is 14.0 Å². The molecule has 0 spiro atoms. The minimum absolute atomic E-state index is 0.160. The van der Waals surface area contributed by atoms with Crippen LogP contribution >= 0.6 is 15.9 Å². The predicted octanol–water partition coefficient (Wildman–Crippen LogP) is 3.12. The van der Waals surface area contributed by atoms with Gasteiger partial charge in [0.2, 0.25) is 5.91 Å². The molecule has 0 saturated carbocycles. The fourth-order valence-electron chi connectivity index (χ4n) is 4.62. The van der Waals surface area contributed by atoms with E-state index in [1.54, 1.807) is 0 Å². The number of imide groups is 1. The molecule has 0 N–H and O–H groups in total. The summed E-state index contributed by atoms with van der Waals surface area (Å²) in [7, 11) is 0. The van der Waals surface area contributed by atoms with Crippen LogP contribution in [-0.2, 0) is 9.59 Å². The van der Waals surface area contributed by atoms with E-state index < -0.39 is 17.8 Å². The van der Waals surface area contributed by atoms with Crippen LogP contribution in [0.25, 0.3) is 0 Å². The molecule has 5 rings (SSSR count). The third kappa shape index (κ3) is 2.49. The van der Waals surface area contributed by atoms with Crippen molar-refractivity contribution in [2.24, 2.45) is 5.92 Å². The van der Waals surface area contributed by atoms with Crippen molar-refractivity contribution in [3.63, 3.8) is 0 Å². The van der Waals surface area contributed by atoms with Gasteiger partial charge in [0, 0.05) is 17.6 Å². The molecule has 27 heavy (non-hydrogen) atoms. The Bertz CT molecular complexity index is 918. The van der Waals surface area contributed by atoms with Crippen molar-refractivity contribution in [3.8, 4) is 0 Å². The first kappa shape index (κ1) is 17.0. The van der Waals surface area contributed by atoms with Gasteiger partial charge in [0.25, 0.3) is 5.91 Å². The van der Waals surface area contributed by atoms with Gasteiger partial charge in [-0.15, -0.1) is 0 Å². The third-order valence-electron chi connectivity index (χ3n) is 5.70. The molecule has 2 aromatic carbocycles. The van der Waals surface area contributed by atoms with E-state index in [2.05, 4.69) is 25.9 Å². The highest BCUT2D eigenvalue weighted by atomic mass is 79.9. The van der Waals surface area contributed by atoms with Crippen LogP contribution in [0, 0.1) is 11.7 Å². The van der Waals surface area contributed by atoms with Gasteiger partial charge in [-0.25, -0.2) is 19.3 Å². The standard InChI is InChI=1S/C20H17BrFN3O2/c21-13-4-2-12(3-5-13)17-16-18(24-11-1-10-23(17)24)20(27)25(19(16)26)15-8-6-14(22)7-9-15/h2-9,16-18H,1,10-11H2/t16-,17+,18-/m0/s1.